The molecule has 1 aromatic carbocycles. The first kappa shape index (κ1) is 17.6. The van der Waals surface area contributed by atoms with Gasteiger partial charge < -0.3 is 25.3 Å². The summed E-state index contributed by atoms with van der Waals surface area (Å²) in [7, 11) is 3.08. The molecule has 0 unspecified atom stereocenters. The van der Waals surface area contributed by atoms with E-state index in [1.54, 1.807) is 19.2 Å². The molecule has 0 heterocycles. The molecule has 0 spiro atoms. The van der Waals surface area contributed by atoms with E-state index in [4.69, 9.17) is 31.5 Å². The van der Waals surface area contributed by atoms with Crippen LogP contribution < -0.4 is 20.5 Å². The van der Waals surface area contributed by atoms with E-state index in [1.165, 1.54) is 7.11 Å². The van der Waals surface area contributed by atoms with Crippen LogP contribution in [0.4, 0.5) is 0 Å². The molecule has 0 bridgehead atoms. The van der Waals surface area contributed by atoms with Crippen molar-refractivity contribution in [1.29, 1.82) is 0 Å². The van der Waals surface area contributed by atoms with Crippen molar-refractivity contribution >= 4 is 17.5 Å². The van der Waals surface area contributed by atoms with Crippen molar-refractivity contribution in [3.05, 3.63) is 22.7 Å². The highest BCUT2D eigenvalue weighted by Crippen LogP contribution is 2.36. The van der Waals surface area contributed by atoms with E-state index in [0.717, 1.165) is 5.56 Å². The number of ether oxygens (including phenoxy) is 3. The molecule has 0 atom stereocenters. The van der Waals surface area contributed by atoms with E-state index in [2.05, 4.69) is 5.32 Å². The van der Waals surface area contributed by atoms with E-state index in [-0.39, 0.29) is 12.5 Å². The standard InChI is InChI=1S/C14H21ClN2O4/c1-19-6-5-17-13(18)9-21-14-11(15)7-10(3-4-16)8-12(14)20-2/h7-8H,3-6,9,16H2,1-2H3,(H,17,18). The van der Waals surface area contributed by atoms with E-state index in [0.29, 0.717) is 42.6 Å². The molecule has 1 amide bonds. The Balaban J connectivity index is 2.67. The van der Waals surface area contributed by atoms with Crippen LogP contribution in [0.1, 0.15) is 5.56 Å². The second-order valence-corrected chi connectivity index (χ2v) is 4.69. The van der Waals surface area contributed by atoms with Gasteiger partial charge in [0.2, 0.25) is 0 Å². The number of nitrogens with one attached hydrogen (secondary N) is 1. The molecule has 1 rings (SSSR count). The molecule has 1 aromatic rings. The maximum atomic E-state index is 11.6. The Labute approximate surface area is 129 Å². The largest absolute Gasteiger partial charge is 0.493 e. The summed E-state index contributed by atoms with van der Waals surface area (Å²) in [6.45, 7) is 1.25. The molecule has 0 fully saturated rings. The number of methoxy groups -OCH3 is 2. The number of halogens is 1. The summed E-state index contributed by atoms with van der Waals surface area (Å²) in [5.74, 6) is 0.577. The van der Waals surface area contributed by atoms with Crippen LogP contribution in [-0.2, 0) is 16.0 Å². The third-order valence-electron chi connectivity index (χ3n) is 2.70. The van der Waals surface area contributed by atoms with Crippen LogP contribution in [0.25, 0.3) is 0 Å². The second kappa shape index (κ2) is 9.44. The normalized spacial score (nSPS) is 10.3. The van der Waals surface area contributed by atoms with E-state index in [9.17, 15) is 4.79 Å². The Kier molecular flexibility index (Phi) is 7.89. The first-order chi connectivity index (χ1) is 10.1. The summed E-state index contributed by atoms with van der Waals surface area (Å²) in [5, 5.41) is 3.04. The summed E-state index contributed by atoms with van der Waals surface area (Å²) in [6.07, 6.45) is 0.688. The number of hydrogen-bond acceptors (Lipinski definition) is 5. The molecule has 0 aliphatic carbocycles. The van der Waals surface area contributed by atoms with Gasteiger partial charge in [0.15, 0.2) is 18.1 Å². The van der Waals surface area contributed by atoms with Gasteiger partial charge in [-0.15, -0.1) is 0 Å². The van der Waals surface area contributed by atoms with Gasteiger partial charge in [0.1, 0.15) is 0 Å². The number of nitrogens with two attached hydrogens (primary N) is 1. The molecule has 0 radical (unpaired) electrons. The Morgan fingerprint density at radius 2 is 2.14 bits per heavy atom. The first-order valence-corrected chi connectivity index (χ1v) is 6.95. The predicted molar refractivity (Wildman–Crippen MR) is 81.1 cm³/mol. The van der Waals surface area contributed by atoms with Gasteiger partial charge in [-0.2, -0.15) is 0 Å². The summed E-state index contributed by atoms with van der Waals surface area (Å²) < 4.78 is 15.5. The van der Waals surface area contributed by atoms with Crippen LogP contribution in [0.5, 0.6) is 11.5 Å². The van der Waals surface area contributed by atoms with Crippen molar-refractivity contribution in [2.24, 2.45) is 5.73 Å². The quantitative estimate of drug-likeness (QED) is 0.664. The number of amides is 1. The third kappa shape index (κ3) is 5.79. The van der Waals surface area contributed by atoms with Crippen molar-refractivity contribution in [2.45, 2.75) is 6.42 Å². The second-order valence-electron chi connectivity index (χ2n) is 4.28. The number of hydrogen-bond donors (Lipinski definition) is 2. The zero-order valence-corrected chi connectivity index (χ0v) is 13.0. The summed E-state index contributed by atoms with van der Waals surface area (Å²) >= 11 is 6.16. The molecule has 0 saturated carbocycles. The topological polar surface area (TPSA) is 82.8 Å². The lowest BCUT2D eigenvalue weighted by atomic mass is 10.1. The lowest BCUT2D eigenvalue weighted by molar-refractivity contribution is -0.123. The Morgan fingerprint density at radius 1 is 1.38 bits per heavy atom. The van der Waals surface area contributed by atoms with Crippen molar-refractivity contribution < 1.29 is 19.0 Å². The highest BCUT2D eigenvalue weighted by Gasteiger charge is 2.13. The molecule has 0 aromatic heterocycles. The van der Waals surface area contributed by atoms with Crippen molar-refractivity contribution in [3.8, 4) is 11.5 Å². The number of benzene rings is 1. The molecule has 0 aliphatic heterocycles. The monoisotopic (exact) mass is 316 g/mol. The van der Waals surface area contributed by atoms with Crippen molar-refractivity contribution in [1.82, 2.24) is 5.32 Å². The summed E-state index contributed by atoms with van der Waals surface area (Å²) in [5.41, 5.74) is 6.47. The number of carbonyl (C=O) groups excluding carboxylic acids is 1. The van der Waals surface area contributed by atoms with E-state index >= 15 is 0 Å². The van der Waals surface area contributed by atoms with Gasteiger partial charge in [0.25, 0.3) is 5.91 Å². The average Bonchev–Trinajstić information content (AvgIpc) is 2.46. The molecule has 0 saturated heterocycles. The SMILES string of the molecule is COCCNC(=O)COc1c(Cl)cc(CCN)cc1OC. The van der Waals surface area contributed by atoms with Gasteiger partial charge in [-0.3, -0.25) is 4.79 Å². The van der Waals surface area contributed by atoms with Gasteiger partial charge in [-0.1, -0.05) is 11.6 Å². The smallest absolute Gasteiger partial charge is 0.258 e. The maximum Gasteiger partial charge on any atom is 0.258 e. The fourth-order valence-corrected chi connectivity index (χ4v) is 1.99. The third-order valence-corrected chi connectivity index (χ3v) is 2.98. The molecular weight excluding hydrogens is 296 g/mol. The number of rotatable bonds is 9. The molecule has 7 heteroatoms. The van der Waals surface area contributed by atoms with Crippen LogP contribution in [0.15, 0.2) is 12.1 Å². The lowest BCUT2D eigenvalue weighted by Gasteiger charge is -2.14. The molecular formula is C14H21ClN2O4. The van der Waals surface area contributed by atoms with Crippen LogP contribution >= 0.6 is 11.6 Å². The zero-order chi connectivity index (χ0) is 15.7. The van der Waals surface area contributed by atoms with Crippen molar-refractivity contribution in [3.63, 3.8) is 0 Å². The minimum Gasteiger partial charge on any atom is -0.493 e. The van der Waals surface area contributed by atoms with Gasteiger partial charge in [0, 0.05) is 13.7 Å². The minimum atomic E-state index is -0.254. The molecule has 21 heavy (non-hydrogen) atoms. The van der Waals surface area contributed by atoms with Gasteiger partial charge in [-0.05, 0) is 30.7 Å². The first-order valence-electron chi connectivity index (χ1n) is 6.57. The van der Waals surface area contributed by atoms with E-state index in [1.807, 2.05) is 0 Å². The van der Waals surface area contributed by atoms with Crippen molar-refractivity contribution in [2.75, 3.05) is 40.5 Å². The van der Waals surface area contributed by atoms with Crippen LogP contribution in [0.3, 0.4) is 0 Å². The Bertz CT molecular complexity index is 469. The average molecular weight is 317 g/mol. The Hall–Kier alpha value is -1.50. The van der Waals surface area contributed by atoms with E-state index < -0.39 is 0 Å². The molecule has 0 aliphatic rings. The highest BCUT2D eigenvalue weighted by atomic mass is 35.5. The summed E-state index contributed by atoms with van der Waals surface area (Å²) in [4.78, 5) is 11.6. The fourth-order valence-electron chi connectivity index (χ4n) is 1.71. The lowest BCUT2D eigenvalue weighted by Crippen LogP contribution is -2.31. The highest BCUT2D eigenvalue weighted by molar-refractivity contribution is 6.32. The molecule has 118 valence electrons. The van der Waals surface area contributed by atoms with Crippen LogP contribution in [0, 0.1) is 0 Å². The zero-order valence-electron chi connectivity index (χ0n) is 12.3. The van der Waals surface area contributed by atoms with Crippen LogP contribution in [-0.4, -0.2) is 46.4 Å². The molecule has 3 N–H and O–H groups in total. The Morgan fingerprint density at radius 3 is 2.76 bits per heavy atom. The minimum absolute atomic E-state index is 0.143. The fraction of sp³-hybridized carbons (Fsp3) is 0.500. The van der Waals surface area contributed by atoms with Crippen LogP contribution in [0.2, 0.25) is 5.02 Å². The van der Waals surface area contributed by atoms with Gasteiger partial charge >= 0.3 is 0 Å². The van der Waals surface area contributed by atoms with Gasteiger partial charge in [0.05, 0.1) is 18.7 Å². The predicted octanol–water partition coefficient (Wildman–Crippen LogP) is 0.991. The summed E-state index contributed by atoms with van der Waals surface area (Å²) in [6, 6.07) is 3.56. The molecule has 6 nitrogen and oxygen atoms in total. The maximum absolute atomic E-state index is 11.6. The number of carbonyl (C=O) groups is 1. The van der Waals surface area contributed by atoms with Gasteiger partial charge in [-0.25, -0.2) is 0 Å².